The summed E-state index contributed by atoms with van der Waals surface area (Å²) in [7, 11) is 0. The van der Waals surface area contributed by atoms with Gasteiger partial charge in [-0.05, 0) is 121 Å². The number of rotatable bonds is 12. The second kappa shape index (κ2) is 18.5. The van der Waals surface area contributed by atoms with Gasteiger partial charge in [-0.25, -0.2) is 9.69 Å². The molecule has 0 heterocycles. The van der Waals surface area contributed by atoms with E-state index < -0.39 is 0 Å². The molecule has 286 valence electrons. The molecule has 0 N–H and O–H groups in total. The fourth-order valence-electron chi connectivity index (χ4n) is 6.97. The summed E-state index contributed by atoms with van der Waals surface area (Å²) in [6.07, 6.45) is 6.89. The van der Waals surface area contributed by atoms with Gasteiger partial charge >= 0.3 is 0 Å². The molecule has 0 amide bonds. The van der Waals surface area contributed by atoms with Crippen LogP contribution in [0.5, 0.6) is 5.75 Å². The lowest BCUT2D eigenvalue weighted by Gasteiger charge is -2.25. The molecule has 0 saturated heterocycles. The molecule has 0 bridgehead atoms. The maximum Gasteiger partial charge on any atom is 0.202 e. The number of benzene rings is 7. The maximum absolute atomic E-state index is 10.4. The number of hydrogen-bond acceptors (Lipinski definition) is 5. The molecule has 0 fully saturated rings. The molecule has 0 atom stereocenters. The molecular weight excluding hydrogens is 737 g/mol. The van der Waals surface area contributed by atoms with Gasteiger partial charge in [-0.15, -0.1) is 0 Å². The smallest absolute Gasteiger partial charge is 0.202 e. The van der Waals surface area contributed by atoms with Gasteiger partial charge in [0.2, 0.25) is 11.4 Å². The first-order valence-corrected chi connectivity index (χ1v) is 19.3. The monoisotopic (exact) mass is 774 g/mol. The third kappa shape index (κ3) is 8.53. The van der Waals surface area contributed by atoms with Crippen LogP contribution in [-0.2, 0) is 0 Å². The zero-order valence-corrected chi connectivity index (χ0v) is 33.1. The number of ether oxygens (including phenoxy) is 1. The van der Waals surface area contributed by atoms with Gasteiger partial charge in [0.1, 0.15) is 5.75 Å². The second-order valence-corrected chi connectivity index (χ2v) is 13.7. The predicted octanol–water partition coefficient (Wildman–Crippen LogP) is 14.5. The van der Waals surface area contributed by atoms with Crippen molar-refractivity contribution < 1.29 is 4.74 Å². The Hall–Kier alpha value is -8.62. The van der Waals surface area contributed by atoms with E-state index in [1.54, 1.807) is 24.3 Å². The van der Waals surface area contributed by atoms with Crippen molar-refractivity contribution in [2.45, 2.75) is 13.8 Å². The Morgan fingerprint density at radius 1 is 0.500 bits per heavy atom. The molecular formula is C53H38N6O. The zero-order valence-electron chi connectivity index (χ0n) is 33.1. The van der Waals surface area contributed by atoms with Crippen molar-refractivity contribution in [1.82, 2.24) is 0 Å². The van der Waals surface area contributed by atoms with Gasteiger partial charge < -0.3 is 14.5 Å². The lowest BCUT2D eigenvalue weighted by atomic mass is 9.92. The lowest BCUT2D eigenvalue weighted by Crippen LogP contribution is -2.09. The van der Waals surface area contributed by atoms with Gasteiger partial charge in [-0.2, -0.15) is 10.5 Å². The first kappa shape index (κ1) is 39.6. The van der Waals surface area contributed by atoms with Crippen LogP contribution in [0.1, 0.15) is 45.9 Å². The van der Waals surface area contributed by atoms with Crippen LogP contribution in [0.2, 0.25) is 0 Å². The molecule has 0 spiro atoms. The highest BCUT2D eigenvalue weighted by Gasteiger charge is 2.22. The van der Waals surface area contributed by atoms with Crippen LogP contribution < -0.4 is 14.5 Å². The first-order valence-electron chi connectivity index (χ1n) is 19.3. The topological polar surface area (TPSA) is 72.0 Å². The van der Waals surface area contributed by atoms with Crippen LogP contribution in [-0.4, -0.2) is 6.61 Å². The van der Waals surface area contributed by atoms with E-state index in [1.807, 2.05) is 128 Å². The number of para-hydroxylation sites is 2. The molecule has 0 unspecified atom stereocenters. The van der Waals surface area contributed by atoms with Gasteiger partial charge in [0.15, 0.2) is 0 Å². The molecule has 7 aromatic carbocycles. The molecule has 7 aromatic rings. The Bertz CT molecular complexity index is 2780. The number of nitriles is 2. The molecule has 7 nitrogen and oxygen atoms in total. The van der Waals surface area contributed by atoms with Crippen molar-refractivity contribution in [2.24, 2.45) is 0 Å². The van der Waals surface area contributed by atoms with Crippen LogP contribution in [0.15, 0.2) is 158 Å². The Morgan fingerprint density at radius 3 is 1.25 bits per heavy atom. The van der Waals surface area contributed by atoms with Gasteiger partial charge in [0.05, 0.1) is 43.0 Å². The highest BCUT2D eigenvalue weighted by molar-refractivity contribution is 5.96. The van der Waals surface area contributed by atoms with E-state index in [0.29, 0.717) is 6.61 Å². The van der Waals surface area contributed by atoms with Crippen molar-refractivity contribution in [2.75, 3.05) is 16.4 Å². The fraction of sp³-hybridized carbons (Fsp3) is 0.0566. The zero-order chi connectivity index (χ0) is 41.8. The molecule has 0 aliphatic carbocycles. The lowest BCUT2D eigenvalue weighted by molar-refractivity contribution is 0.340. The van der Waals surface area contributed by atoms with Crippen molar-refractivity contribution in [3.63, 3.8) is 0 Å². The molecule has 7 heteroatoms. The summed E-state index contributed by atoms with van der Waals surface area (Å²) >= 11 is 0. The third-order valence-corrected chi connectivity index (χ3v) is 9.88. The predicted molar refractivity (Wildman–Crippen MR) is 244 cm³/mol. The van der Waals surface area contributed by atoms with Crippen LogP contribution >= 0.6 is 0 Å². The van der Waals surface area contributed by atoms with Crippen molar-refractivity contribution in [3.05, 3.63) is 220 Å². The van der Waals surface area contributed by atoms with Gasteiger partial charge in [0.25, 0.3) is 0 Å². The van der Waals surface area contributed by atoms with E-state index in [4.69, 9.17) is 17.9 Å². The maximum atomic E-state index is 10.4. The molecule has 0 aromatic heterocycles. The highest BCUT2D eigenvalue weighted by atomic mass is 16.5. The highest BCUT2D eigenvalue weighted by Crippen LogP contribution is 2.42. The molecule has 0 saturated carbocycles. The summed E-state index contributed by atoms with van der Waals surface area (Å²) in [5.74, 6) is 0.797. The molecule has 60 heavy (non-hydrogen) atoms. The van der Waals surface area contributed by atoms with E-state index in [9.17, 15) is 10.5 Å². The SMILES string of the molecule is [C-]#[N+]c1c(C#N)c(/C=C/c2ccc(N(c3ccccc3)c3ccc(OCC)cc3)cc2)c(C#N)c([N+]#[C-])c1/C=C/c1ccc(N(c2ccccc2)c2ccc(C)cc2)cc1. The summed E-state index contributed by atoms with van der Waals surface area (Å²) < 4.78 is 5.66. The minimum absolute atomic E-state index is 0.0221. The van der Waals surface area contributed by atoms with Crippen LogP contribution in [0.3, 0.4) is 0 Å². The summed E-state index contributed by atoms with van der Waals surface area (Å²) in [6, 6.07) is 56.6. The minimum Gasteiger partial charge on any atom is -0.494 e. The minimum atomic E-state index is 0.0221. The first-order chi connectivity index (χ1) is 29.5. The van der Waals surface area contributed by atoms with E-state index in [0.717, 1.165) is 51.0 Å². The molecule has 0 aliphatic rings. The molecule has 0 radical (unpaired) electrons. The largest absolute Gasteiger partial charge is 0.494 e. The summed E-state index contributed by atoms with van der Waals surface area (Å²) in [5, 5.41) is 20.8. The number of hydrogen-bond donors (Lipinski definition) is 0. The average Bonchev–Trinajstić information content (AvgIpc) is 3.30. The summed E-state index contributed by atoms with van der Waals surface area (Å²) in [4.78, 5) is 11.8. The average molecular weight is 775 g/mol. The van der Waals surface area contributed by atoms with E-state index in [1.165, 1.54) is 5.56 Å². The molecule has 7 rings (SSSR count). The normalized spacial score (nSPS) is 10.7. The Balaban J connectivity index is 1.19. The van der Waals surface area contributed by atoms with Crippen molar-refractivity contribution in [1.29, 1.82) is 10.5 Å². The van der Waals surface area contributed by atoms with E-state index in [-0.39, 0.29) is 33.6 Å². The Morgan fingerprint density at radius 2 is 0.867 bits per heavy atom. The van der Waals surface area contributed by atoms with Crippen LogP contribution in [0.25, 0.3) is 34.0 Å². The van der Waals surface area contributed by atoms with Gasteiger partial charge in [-0.3, -0.25) is 0 Å². The number of anilines is 6. The summed E-state index contributed by atoms with van der Waals surface area (Å²) in [6.45, 7) is 20.8. The van der Waals surface area contributed by atoms with Gasteiger partial charge in [0, 0.05) is 34.1 Å². The van der Waals surface area contributed by atoms with Gasteiger partial charge in [-0.1, -0.05) is 103 Å². The quantitative estimate of drug-likeness (QED) is 0.0913. The van der Waals surface area contributed by atoms with Crippen LogP contribution in [0.4, 0.5) is 45.5 Å². The van der Waals surface area contributed by atoms with Crippen molar-refractivity contribution in [3.8, 4) is 17.9 Å². The molecule has 0 aliphatic heterocycles. The number of nitrogens with zero attached hydrogens (tertiary/aromatic N) is 6. The third-order valence-electron chi connectivity index (χ3n) is 9.88. The second-order valence-electron chi connectivity index (χ2n) is 13.7. The summed E-state index contributed by atoms with van der Waals surface area (Å²) in [5.41, 5.74) is 9.26. The van der Waals surface area contributed by atoms with Crippen LogP contribution in [0, 0.1) is 42.7 Å². The Labute approximate surface area is 351 Å². The van der Waals surface area contributed by atoms with Crippen molar-refractivity contribution >= 4 is 69.8 Å². The fourth-order valence-corrected chi connectivity index (χ4v) is 6.97. The standard InChI is InChI=1S/C53H38N6O/c1-5-60-47-32-30-46(31-33-47)59(42-14-10-7-11-15-42)45-26-18-39(19-27-45)22-34-48-50(36-54)52(56-3)49(53(57-4)51(48)37-55)35-23-40-20-28-44(29-21-40)58(41-12-8-6-9-13-41)43-24-16-38(2)17-25-43/h6-35H,5H2,1-2H3/b34-22+,35-23+. The van der Waals surface area contributed by atoms with E-state index >= 15 is 0 Å². The Kier molecular flexibility index (Phi) is 12.2. The van der Waals surface area contributed by atoms with E-state index in [2.05, 4.69) is 75.0 Å². The number of aryl methyl sites for hydroxylation is 1.